The predicted octanol–water partition coefficient (Wildman–Crippen LogP) is 5.38. The average molecular weight is 542 g/mol. The van der Waals surface area contributed by atoms with Gasteiger partial charge in [0.25, 0.3) is 0 Å². The molecule has 2 N–H and O–H groups in total. The van der Waals surface area contributed by atoms with Crippen LogP contribution in [0.15, 0.2) is 25.3 Å². The van der Waals surface area contributed by atoms with E-state index in [1.165, 1.54) is 0 Å². The molecule has 0 bridgehead atoms. The molecule has 11 nitrogen and oxygen atoms in total. The van der Waals surface area contributed by atoms with Crippen LogP contribution in [0.3, 0.4) is 0 Å². The van der Waals surface area contributed by atoms with Gasteiger partial charge in [0.15, 0.2) is 0 Å². The third-order valence-corrected chi connectivity index (χ3v) is 7.25. The zero-order valence-electron chi connectivity index (χ0n) is 20.3. The quantitative estimate of drug-likeness (QED) is 0.0699. The minimum atomic E-state index is -5.06. The Balaban J connectivity index is 3.95. The molecule has 0 aliphatic carbocycles. The zero-order chi connectivity index (χ0) is 26.4. The number of phosphoric ester groups is 1. The molecule has 35 heavy (non-hydrogen) atoms. The highest BCUT2D eigenvalue weighted by Crippen LogP contribution is 2.61. The van der Waals surface area contributed by atoms with Crippen molar-refractivity contribution in [2.24, 2.45) is 0 Å². The van der Waals surface area contributed by atoms with Crippen LogP contribution in [0.1, 0.15) is 77.0 Å². The zero-order valence-corrected chi connectivity index (χ0v) is 22.1. The smallest absolute Gasteiger partial charge is 0.463 e. The van der Waals surface area contributed by atoms with Crippen molar-refractivity contribution in [3.8, 4) is 0 Å². The second-order valence-corrected chi connectivity index (χ2v) is 10.7. The summed E-state index contributed by atoms with van der Waals surface area (Å²) in [7, 11) is -9.44. The highest BCUT2D eigenvalue weighted by molar-refractivity contribution is 7.61. The summed E-state index contributed by atoms with van der Waals surface area (Å²) in [6.07, 6.45) is 11.7. The van der Waals surface area contributed by atoms with Crippen LogP contribution < -0.4 is 0 Å². The molecule has 0 aromatic heterocycles. The Morgan fingerprint density at radius 2 is 0.914 bits per heavy atom. The SMILES string of the molecule is C=CC(=O)OCCCCCCCCOP(=O)(OCCCCCCCCOC(=O)C=C)OP(=O)(O)O. The molecule has 0 spiro atoms. The lowest BCUT2D eigenvalue weighted by atomic mass is 10.1. The lowest BCUT2D eigenvalue weighted by molar-refractivity contribution is -0.138. The maximum atomic E-state index is 12.5. The first-order chi connectivity index (χ1) is 16.6. The first kappa shape index (κ1) is 33.7. The van der Waals surface area contributed by atoms with E-state index >= 15 is 0 Å². The molecule has 0 unspecified atom stereocenters. The molecule has 204 valence electrons. The monoisotopic (exact) mass is 542 g/mol. The van der Waals surface area contributed by atoms with Gasteiger partial charge in [-0.3, -0.25) is 9.05 Å². The van der Waals surface area contributed by atoms with Crippen molar-refractivity contribution in [3.63, 3.8) is 0 Å². The van der Waals surface area contributed by atoms with E-state index in [1.807, 2.05) is 0 Å². The van der Waals surface area contributed by atoms with Crippen LogP contribution in [0, 0.1) is 0 Å². The number of esters is 2. The lowest BCUT2D eigenvalue weighted by Gasteiger charge is -2.18. The molecular formula is C22H40O11P2. The summed E-state index contributed by atoms with van der Waals surface area (Å²) in [6, 6.07) is 0. The summed E-state index contributed by atoms with van der Waals surface area (Å²) in [5.74, 6) is -0.876. The third-order valence-electron chi connectivity index (χ3n) is 4.60. The summed E-state index contributed by atoms with van der Waals surface area (Å²) < 4.78 is 48.0. The van der Waals surface area contributed by atoms with Gasteiger partial charge in [-0.2, -0.15) is 4.31 Å². The fraction of sp³-hybridized carbons (Fsp3) is 0.727. The number of unbranched alkanes of at least 4 members (excludes halogenated alkanes) is 10. The number of ether oxygens (including phenoxy) is 2. The van der Waals surface area contributed by atoms with E-state index < -0.39 is 27.6 Å². The van der Waals surface area contributed by atoms with Gasteiger partial charge in [0.2, 0.25) is 0 Å². The number of carbonyl (C=O) groups is 2. The second-order valence-electron chi connectivity index (χ2n) is 7.67. The fourth-order valence-electron chi connectivity index (χ4n) is 2.85. The van der Waals surface area contributed by atoms with Crippen LogP contribution in [-0.2, 0) is 41.6 Å². The van der Waals surface area contributed by atoms with E-state index in [0.29, 0.717) is 26.1 Å². The van der Waals surface area contributed by atoms with Gasteiger partial charge >= 0.3 is 27.6 Å². The molecule has 0 rings (SSSR count). The van der Waals surface area contributed by atoms with Gasteiger partial charge in [-0.1, -0.05) is 64.5 Å². The number of hydrogen-bond acceptors (Lipinski definition) is 9. The Hall–Kier alpha value is -1.32. The van der Waals surface area contributed by atoms with Crippen molar-refractivity contribution < 1.29 is 51.3 Å². The van der Waals surface area contributed by atoms with Crippen LogP contribution in [0.5, 0.6) is 0 Å². The Morgan fingerprint density at radius 1 is 0.600 bits per heavy atom. The molecule has 0 aromatic rings. The van der Waals surface area contributed by atoms with Gasteiger partial charge in [0, 0.05) is 12.2 Å². The number of phosphoric acid groups is 2. The molecule has 0 aromatic carbocycles. The van der Waals surface area contributed by atoms with E-state index in [2.05, 4.69) is 17.5 Å². The molecular weight excluding hydrogens is 502 g/mol. The van der Waals surface area contributed by atoms with Gasteiger partial charge in [-0.05, 0) is 25.7 Å². The number of carbonyl (C=O) groups excluding carboxylic acids is 2. The highest BCUT2D eigenvalue weighted by Gasteiger charge is 2.35. The maximum Gasteiger partial charge on any atom is 0.483 e. The lowest BCUT2D eigenvalue weighted by Crippen LogP contribution is -2.03. The van der Waals surface area contributed by atoms with E-state index in [9.17, 15) is 18.7 Å². The molecule has 0 amide bonds. The second kappa shape index (κ2) is 20.8. The summed E-state index contributed by atoms with van der Waals surface area (Å²) in [4.78, 5) is 39.9. The van der Waals surface area contributed by atoms with Crippen LogP contribution in [0.2, 0.25) is 0 Å². The van der Waals surface area contributed by atoms with Crippen molar-refractivity contribution in [3.05, 3.63) is 25.3 Å². The topological polar surface area (TPSA) is 155 Å². The Morgan fingerprint density at radius 3 is 1.23 bits per heavy atom. The Labute approximate surface area is 208 Å². The molecule has 0 saturated carbocycles. The van der Waals surface area contributed by atoms with Crippen LogP contribution in [0.4, 0.5) is 0 Å². The number of rotatable bonds is 24. The van der Waals surface area contributed by atoms with Crippen molar-refractivity contribution in [1.82, 2.24) is 0 Å². The van der Waals surface area contributed by atoms with Crippen molar-refractivity contribution in [2.75, 3.05) is 26.4 Å². The average Bonchev–Trinajstić information content (AvgIpc) is 2.79. The van der Waals surface area contributed by atoms with Gasteiger partial charge < -0.3 is 19.3 Å². The van der Waals surface area contributed by atoms with Crippen LogP contribution in [-0.4, -0.2) is 48.2 Å². The molecule has 0 atom stereocenters. The van der Waals surface area contributed by atoms with E-state index in [1.54, 1.807) is 0 Å². The van der Waals surface area contributed by atoms with Crippen molar-refractivity contribution in [2.45, 2.75) is 77.0 Å². The van der Waals surface area contributed by atoms with Gasteiger partial charge in [-0.25, -0.2) is 18.7 Å². The normalized spacial score (nSPS) is 11.7. The predicted molar refractivity (Wildman–Crippen MR) is 130 cm³/mol. The van der Waals surface area contributed by atoms with Crippen LogP contribution >= 0.6 is 15.6 Å². The summed E-state index contributed by atoms with van der Waals surface area (Å²) >= 11 is 0. The van der Waals surface area contributed by atoms with Gasteiger partial charge in [0.05, 0.1) is 26.4 Å². The minimum Gasteiger partial charge on any atom is -0.463 e. The largest absolute Gasteiger partial charge is 0.483 e. The van der Waals surface area contributed by atoms with E-state index in [-0.39, 0.29) is 13.2 Å². The fourth-order valence-corrected chi connectivity index (χ4v) is 5.05. The van der Waals surface area contributed by atoms with E-state index in [0.717, 1.165) is 76.4 Å². The number of hydrogen-bond donors (Lipinski definition) is 2. The van der Waals surface area contributed by atoms with Crippen molar-refractivity contribution in [1.29, 1.82) is 0 Å². The molecule has 0 saturated heterocycles. The maximum absolute atomic E-state index is 12.5. The summed E-state index contributed by atoms with van der Waals surface area (Å²) in [5, 5.41) is 0. The van der Waals surface area contributed by atoms with Gasteiger partial charge in [-0.15, -0.1) is 0 Å². The highest BCUT2D eigenvalue weighted by atomic mass is 31.3. The van der Waals surface area contributed by atoms with Gasteiger partial charge in [0.1, 0.15) is 0 Å². The van der Waals surface area contributed by atoms with Crippen LogP contribution in [0.25, 0.3) is 0 Å². The van der Waals surface area contributed by atoms with E-state index in [4.69, 9.17) is 28.3 Å². The molecule has 13 heteroatoms. The first-order valence-electron chi connectivity index (χ1n) is 11.9. The first-order valence-corrected chi connectivity index (χ1v) is 14.9. The summed E-state index contributed by atoms with van der Waals surface area (Å²) in [6.45, 7) is 7.29. The Kier molecular flexibility index (Phi) is 20.0. The molecule has 0 heterocycles. The Bertz CT molecular complexity index is 662. The van der Waals surface area contributed by atoms with Crippen molar-refractivity contribution >= 4 is 27.6 Å². The molecule has 0 aliphatic heterocycles. The molecule has 0 radical (unpaired) electrons. The minimum absolute atomic E-state index is 0.0232. The molecule has 0 aliphatic rings. The third kappa shape index (κ3) is 22.9. The summed E-state index contributed by atoms with van der Waals surface area (Å²) in [5.41, 5.74) is 0. The standard InChI is InChI=1S/C22H40O11P2/c1-3-21(23)29-17-13-9-5-7-11-15-19-31-35(28,33-34(25,26)27)32-20-16-12-8-6-10-14-18-30-22(24)4-2/h3-4H,1-2,5-20H2,(H2,25,26,27). The molecule has 0 fully saturated rings.